The van der Waals surface area contributed by atoms with Crippen LogP contribution in [0, 0.1) is 4.91 Å². The van der Waals surface area contributed by atoms with Gasteiger partial charge in [0.05, 0.1) is 23.4 Å². The van der Waals surface area contributed by atoms with Gasteiger partial charge < -0.3 is 5.32 Å². The molecule has 0 saturated heterocycles. The summed E-state index contributed by atoms with van der Waals surface area (Å²) in [6.07, 6.45) is 2.19. The molecule has 1 aliphatic rings. The van der Waals surface area contributed by atoms with E-state index in [2.05, 4.69) is 16.0 Å². The van der Waals surface area contributed by atoms with Gasteiger partial charge in [-0.1, -0.05) is 18.2 Å². The molecular weight excluding hydrogens is 246 g/mol. The molecule has 100 valence electrons. The van der Waals surface area contributed by atoms with Crippen molar-refractivity contribution in [1.82, 2.24) is 5.32 Å². The van der Waals surface area contributed by atoms with Crippen molar-refractivity contribution in [3.63, 3.8) is 0 Å². The molecule has 1 aliphatic carbocycles. The smallest absolute Gasteiger partial charge is 0.225 e. The molecule has 6 heteroatoms. The van der Waals surface area contributed by atoms with Crippen LogP contribution in [0.1, 0.15) is 24.8 Å². The summed E-state index contributed by atoms with van der Waals surface area (Å²) < 4.78 is 0. The van der Waals surface area contributed by atoms with Gasteiger partial charge >= 0.3 is 0 Å². The molecule has 0 radical (unpaired) electrons. The highest BCUT2D eigenvalue weighted by Crippen LogP contribution is 2.17. The minimum absolute atomic E-state index is 0.0920. The number of ketones is 1. The molecule has 0 heterocycles. The molecule has 2 rings (SSSR count). The summed E-state index contributed by atoms with van der Waals surface area (Å²) in [6.45, 7) is 0. The van der Waals surface area contributed by atoms with E-state index in [1.807, 2.05) is 0 Å². The number of para-hydroxylation sites is 1. The van der Waals surface area contributed by atoms with Gasteiger partial charge in [0.2, 0.25) is 5.91 Å². The molecule has 1 atom stereocenters. The highest BCUT2D eigenvalue weighted by molar-refractivity contribution is 5.91. The molecule has 6 nitrogen and oxygen atoms in total. The number of carbonyl (C=O) groups excluding carboxylic acids is 2. The van der Waals surface area contributed by atoms with Gasteiger partial charge in [-0.3, -0.25) is 9.59 Å². The zero-order valence-electron chi connectivity index (χ0n) is 10.4. The van der Waals surface area contributed by atoms with Gasteiger partial charge in [-0.05, 0) is 24.5 Å². The number of hydrogen-bond donors (Lipinski definition) is 2. The van der Waals surface area contributed by atoms with Gasteiger partial charge in [-0.15, -0.1) is 4.91 Å². The molecule has 0 aromatic heterocycles. The van der Waals surface area contributed by atoms with Crippen LogP contribution in [0.25, 0.3) is 0 Å². The number of nitrogens with zero attached hydrogens (tertiary/aromatic N) is 1. The van der Waals surface area contributed by atoms with Crippen LogP contribution in [0.2, 0.25) is 0 Å². The van der Waals surface area contributed by atoms with E-state index in [4.69, 9.17) is 0 Å². The van der Waals surface area contributed by atoms with Crippen LogP contribution in [0.5, 0.6) is 0 Å². The number of carbonyl (C=O) groups is 2. The van der Waals surface area contributed by atoms with Crippen LogP contribution < -0.4 is 10.7 Å². The van der Waals surface area contributed by atoms with E-state index in [0.717, 1.165) is 6.42 Å². The van der Waals surface area contributed by atoms with Crippen molar-refractivity contribution in [2.75, 3.05) is 5.43 Å². The Balaban J connectivity index is 1.98. The molecule has 1 fully saturated rings. The number of nitroso groups, excluding NO2 is 1. The van der Waals surface area contributed by atoms with Crippen molar-refractivity contribution in [2.24, 2.45) is 5.29 Å². The molecule has 0 spiro atoms. The lowest BCUT2D eigenvalue weighted by atomic mass is 10.1. The van der Waals surface area contributed by atoms with E-state index in [0.29, 0.717) is 24.1 Å². The molecular formula is C13H15N3O3. The predicted molar refractivity (Wildman–Crippen MR) is 70.4 cm³/mol. The lowest BCUT2D eigenvalue weighted by Gasteiger charge is -2.12. The summed E-state index contributed by atoms with van der Waals surface area (Å²) in [4.78, 5) is 33.5. The molecule has 1 aromatic carbocycles. The van der Waals surface area contributed by atoms with Crippen LogP contribution in [0.3, 0.4) is 0 Å². The maximum atomic E-state index is 11.9. The fraction of sp³-hybridized carbons (Fsp3) is 0.385. The first kappa shape index (κ1) is 13.2. The molecule has 0 bridgehead atoms. The summed E-state index contributed by atoms with van der Waals surface area (Å²) >= 11 is 0. The third kappa shape index (κ3) is 3.37. The Morgan fingerprint density at radius 2 is 2.16 bits per heavy atom. The quantitative estimate of drug-likeness (QED) is 0.622. The third-order valence-corrected chi connectivity index (χ3v) is 3.17. The van der Waals surface area contributed by atoms with E-state index >= 15 is 0 Å². The summed E-state index contributed by atoms with van der Waals surface area (Å²) in [5.41, 5.74) is 3.48. The second-order valence-corrected chi connectivity index (χ2v) is 4.52. The Bertz CT molecular complexity index is 502. The van der Waals surface area contributed by atoms with Crippen LogP contribution in [0.15, 0.2) is 29.6 Å². The maximum Gasteiger partial charge on any atom is 0.225 e. The van der Waals surface area contributed by atoms with Crippen LogP contribution in [-0.2, 0) is 16.0 Å². The number of anilines is 1. The number of amides is 1. The fourth-order valence-electron chi connectivity index (χ4n) is 2.22. The SMILES string of the molecule is O=NNc1ccccc1CC(=O)NC1CCCC1=O. The summed E-state index contributed by atoms with van der Waals surface area (Å²) in [5, 5.41) is 5.32. The van der Waals surface area contributed by atoms with Crippen molar-refractivity contribution in [1.29, 1.82) is 0 Å². The number of benzene rings is 1. The van der Waals surface area contributed by atoms with Gasteiger partial charge in [0.25, 0.3) is 0 Å². The topological polar surface area (TPSA) is 87.6 Å². The highest BCUT2D eigenvalue weighted by Gasteiger charge is 2.25. The lowest BCUT2D eigenvalue weighted by Crippen LogP contribution is -2.38. The molecule has 1 amide bonds. The van der Waals surface area contributed by atoms with E-state index in [-0.39, 0.29) is 24.2 Å². The normalized spacial score (nSPS) is 18.1. The van der Waals surface area contributed by atoms with Gasteiger partial charge in [-0.25, -0.2) is 5.43 Å². The van der Waals surface area contributed by atoms with E-state index < -0.39 is 0 Å². The Labute approximate surface area is 110 Å². The Morgan fingerprint density at radius 3 is 2.84 bits per heavy atom. The average molecular weight is 261 g/mol. The number of Topliss-reactive ketones (excluding diaryl/α,β-unsaturated/α-hetero) is 1. The van der Waals surface area contributed by atoms with Gasteiger partial charge in [0, 0.05) is 6.42 Å². The summed E-state index contributed by atoms with van der Waals surface area (Å²) in [5.74, 6) is -0.130. The van der Waals surface area contributed by atoms with Gasteiger partial charge in [-0.2, -0.15) is 0 Å². The van der Waals surface area contributed by atoms with Gasteiger partial charge in [0.15, 0.2) is 5.78 Å². The zero-order valence-corrected chi connectivity index (χ0v) is 10.4. The summed E-state index contributed by atoms with van der Waals surface area (Å²) in [7, 11) is 0. The number of hydrogen-bond acceptors (Lipinski definition) is 4. The van der Waals surface area contributed by atoms with Crippen LogP contribution in [-0.4, -0.2) is 17.7 Å². The van der Waals surface area contributed by atoms with E-state index in [9.17, 15) is 14.5 Å². The minimum atomic E-state index is -0.350. The first-order valence-electron chi connectivity index (χ1n) is 6.19. The Kier molecular flexibility index (Phi) is 4.22. The first-order chi connectivity index (χ1) is 9.20. The lowest BCUT2D eigenvalue weighted by molar-refractivity contribution is -0.126. The fourth-order valence-corrected chi connectivity index (χ4v) is 2.22. The largest absolute Gasteiger partial charge is 0.346 e. The van der Waals surface area contributed by atoms with Crippen LogP contribution in [0.4, 0.5) is 5.69 Å². The molecule has 1 unspecified atom stereocenters. The first-order valence-corrected chi connectivity index (χ1v) is 6.19. The average Bonchev–Trinajstić information content (AvgIpc) is 2.78. The maximum absolute atomic E-state index is 11.9. The Hall–Kier alpha value is -2.24. The highest BCUT2D eigenvalue weighted by atomic mass is 16.3. The van der Waals surface area contributed by atoms with E-state index in [1.54, 1.807) is 24.3 Å². The monoisotopic (exact) mass is 261 g/mol. The molecule has 2 N–H and O–H groups in total. The standard InChI is InChI=1S/C13H15N3O3/c17-12-7-3-6-11(12)14-13(18)8-9-4-1-2-5-10(9)15-16-19/h1-2,4-5,11H,3,6-8H2,(H,14,18)(H,15,19). The van der Waals surface area contributed by atoms with Crippen molar-refractivity contribution >= 4 is 17.4 Å². The molecule has 1 saturated carbocycles. The van der Waals surface area contributed by atoms with Crippen molar-refractivity contribution < 1.29 is 9.59 Å². The Morgan fingerprint density at radius 1 is 1.37 bits per heavy atom. The zero-order chi connectivity index (χ0) is 13.7. The van der Waals surface area contributed by atoms with Crippen molar-refractivity contribution in [2.45, 2.75) is 31.7 Å². The number of nitrogens with one attached hydrogen (secondary N) is 2. The molecule has 1 aromatic rings. The number of rotatable bonds is 5. The minimum Gasteiger partial charge on any atom is -0.346 e. The third-order valence-electron chi connectivity index (χ3n) is 3.17. The summed E-state index contributed by atoms with van der Waals surface area (Å²) in [6, 6.07) is 6.58. The second-order valence-electron chi connectivity index (χ2n) is 4.52. The molecule has 0 aliphatic heterocycles. The predicted octanol–water partition coefficient (Wildman–Crippen LogP) is 1.56. The van der Waals surface area contributed by atoms with Crippen molar-refractivity contribution in [3.8, 4) is 0 Å². The van der Waals surface area contributed by atoms with Crippen LogP contribution >= 0.6 is 0 Å². The van der Waals surface area contributed by atoms with Gasteiger partial charge in [0.1, 0.15) is 0 Å². The molecule has 19 heavy (non-hydrogen) atoms. The van der Waals surface area contributed by atoms with E-state index in [1.165, 1.54) is 0 Å². The van der Waals surface area contributed by atoms with Crippen molar-refractivity contribution in [3.05, 3.63) is 34.7 Å². The second kappa shape index (κ2) is 6.08.